The fourth-order valence-corrected chi connectivity index (χ4v) is 1.55. The van der Waals surface area contributed by atoms with Gasteiger partial charge < -0.3 is 20.4 Å². The third kappa shape index (κ3) is 3.22. The van der Waals surface area contributed by atoms with Crippen LogP contribution in [0.25, 0.3) is 0 Å². The maximum Gasteiger partial charge on any atom is 1.00 e. The van der Waals surface area contributed by atoms with Crippen molar-refractivity contribution in [1.82, 2.24) is 0 Å². The van der Waals surface area contributed by atoms with Crippen molar-refractivity contribution in [2.24, 2.45) is 5.73 Å². The van der Waals surface area contributed by atoms with Crippen LogP contribution in [0.1, 0.15) is 25.7 Å². The molecule has 1 aliphatic carbocycles. The Kier molecular flexibility index (Phi) is 5.47. The van der Waals surface area contributed by atoms with Gasteiger partial charge in [-0.05, 0) is 25.7 Å². The SMILES string of the molecule is COC1CCC(N)(C(=O)[O-])CC1.[Na+]. The van der Waals surface area contributed by atoms with Gasteiger partial charge in [0.05, 0.1) is 17.6 Å². The molecule has 0 saturated heterocycles. The molecular weight excluding hydrogens is 181 g/mol. The van der Waals surface area contributed by atoms with Gasteiger partial charge in [0.25, 0.3) is 0 Å². The molecule has 0 atom stereocenters. The van der Waals surface area contributed by atoms with E-state index in [9.17, 15) is 9.90 Å². The quantitative estimate of drug-likeness (QED) is 0.456. The fraction of sp³-hybridized carbons (Fsp3) is 0.875. The minimum absolute atomic E-state index is 0. The molecule has 0 bridgehead atoms. The van der Waals surface area contributed by atoms with Crippen LogP contribution in [0.4, 0.5) is 0 Å². The second-order valence-corrected chi connectivity index (χ2v) is 3.38. The molecule has 2 N–H and O–H groups in total. The first-order valence-electron chi connectivity index (χ1n) is 4.11. The van der Waals surface area contributed by atoms with Crippen molar-refractivity contribution in [2.45, 2.75) is 37.3 Å². The molecule has 1 aliphatic rings. The van der Waals surface area contributed by atoms with Crippen LogP contribution in [0.2, 0.25) is 0 Å². The Balaban J connectivity index is 0.00000144. The van der Waals surface area contributed by atoms with Gasteiger partial charge in [0.2, 0.25) is 0 Å². The molecule has 0 unspecified atom stereocenters. The van der Waals surface area contributed by atoms with Crippen LogP contribution >= 0.6 is 0 Å². The molecule has 0 heterocycles. The molecule has 0 aromatic carbocycles. The first-order chi connectivity index (χ1) is 5.58. The van der Waals surface area contributed by atoms with E-state index in [0.29, 0.717) is 25.7 Å². The molecule has 0 aliphatic heterocycles. The third-order valence-corrected chi connectivity index (χ3v) is 2.56. The normalized spacial score (nSPS) is 33.5. The standard InChI is InChI=1S/C8H15NO3.Na/c1-12-6-2-4-8(9,5-3-6)7(10)11;/h6H,2-5,9H2,1H3,(H,10,11);/q;+1/p-1. The van der Waals surface area contributed by atoms with Crippen LogP contribution in [-0.2, 0) is 9.53 Å². The van der Waals surface area contributed by atoms with E-state index in [4.69, 9.17) is 10.5 Å². The number of carboxylic acid groups (broad SMARTS) is 1. The molecule has 0 aromatic rings. The summed E-state index contributed by atoms with van der Waals surface area (Å²) in [5, 5.41) is 10.6. The zero-order chi connectivity index (χ0) is 9.19. The van der Waals surface area contributed by atoms with E-state index in [1.165, 1.54) is 0 Å². The molecule has 13 heavy (non-hydrogen) atoms. The summed E-state index contributed by atoms with van der Waals surface area (Å²) in [5.41, 5.74) is 4.49. The summed E-state index contributed by atoms with van der Waals surface area (Å²) < 4.78 is 5.10. The van der Waals surface area contributed by atoms with E-state index in [1.54, 1.807) is 7.11 Å². The first-order valence-corrected chi connectivity index (χ1v) is 4.11. The van der Waals surface area contributed by atoms with Gasteiger partial charge >= 0.3 is 29.6 Å². The number of hydrogen-bond donors (Lipinski definition) is 1. The van der Waals surface area contributed by atoms with Crippen molar-refractivity contribution >= 4 is 5.97 Å². The molecule has 0 spiro atoms. The van der Waals surface area contributed by atoms with Crippen molar-refractivity contribution < 1.29 is 44.2 Å². The van der Waals surface area contributed by atoms with Crippen LogP contribution < -0.4 is 40.4 Å². The van der Waals surface area contributed by atoms with Gasteiger partial charge in [-0.2, -0.15) is 0 Å². The molecule has 1 rings (SSSR count). The number of carbonyl (C=O) groups is 1. The Morgan fingerprint density at radius 1 is 1.54 bits per heavy atom. The minimum Gasteiger partial charge on any atom is -0.548 e. The first kappa shape index (κ1) is 13.4. The summed E-state index contributed by atoms with van der Waals surface area (Å²) in [7, 11) is 1.63. The number of methoxy groups -OCH3 is 1. The van der Waals surface area contributed by atoms with E-state index in [2.05, 4.69) is 0 Å². The van der Waals surface area contributed by atoms with Crippen molar-refractivity contribution in [3.63, 3.8) is 0 Å². The number of aliphatic carboxylic acids is 1. The Hall–Kier alpha value is 0.390. The van der Waals surface area contributed by atoms with Gasteiger partial charge in [0.1, 0.15) is 0 Å². The number of ether oxygens (including phenoxy) is 1. The van der Waals surface area contributed by atoms with E-state index in [1.807, 2.05) is 0 Å². The predicted molar refractivity (Wildman–Crippen MR) is 41.2 cm³/mol. The van der Waals surface area contributed by atoms with Gasteiger partial charge in [-0.3, -0.25) is 0 Å². The molecule has 70 valence electrons. The smallest absolute Gasteiger partial charge is 0.548 e. The summed E-state index contributed by atoms with van der Waals surface area (Å²) in [6, 6.07) is 0. The van der Waals surface area contributed by atoms with Crippen molar-refractivity contribution in [3.8, 4) is 0 Å². The second kappa shape index (κ2) is 5.32. The maximum absolute atomic E-state index is 10.6. The Morgan fingerprint density at radius 2 is 2.00 bits per heavy atom. The topological polar surface area (TPSA) is 75.4 Å². The third-order valence-electron chi connectivity index (χ3n) is 2.56. The number of nitrogens with two attached hydrogens (primary N) is 1. The number of carboxylic acids is 1. The Labute approximate surface area is 100 Å². The Bertz CT molecular complexity index is 178. The van der Waals surface area contributed by atoms with Crippen LogP contribution in [-0.4, -0.2) is 24.7 Å². The molecular formula is C8H14NNaO3. The average molecular weight is 195 g/mol. The Morgan fingerprint density at radius 3 is 2.31 bits per heavy atom. The van der Waals surface area contributed by atoms with Crippen LogP contribution in [0.15, 0.2) is 0 Å². The van der Waals surface area contributed by atoms with Gasteiger partial charge in [0, 0.05) is 7.11 Å². The van der Waals surface area contributed by atoms with Gasteiger partial charge in [-0.15, -0.1) is 0 Å². The molecule has 1 fully saturated rings. The zero-order valence-electron chi connectivity index (χ0n) is 8.21. The van der Waals surface area contributed by atoms with Crippen LogP contribution in [0, 0.1) is 0 Å². The van der Waals surface area contributed by atoms with Crippen LogP contribution in [0.3, 0.4) is 0 Å². The second-order valence-electron chi connectivity index (χ2n) is 3.38. The number of hydrogen-bond acceptors (Lipinski definition) is 4. The minimum atomic E-state index is -1.14. The van der Waals surface area contributed by atoms with Gasteiger partial charge in [-0.1, -0.05) is 0 Å². The summed E-state index contributed by atoms with van der Waals surface area (Å²) in [4.78, 5) is 10.6. The van der Waals surface area contributed by atoms with E-state index in [-0.39, 0.29) is 35.7 Å². The summed E-state index contributed by atoms with van der Waals surface area (Å²) in [6.45, 7) is 0. The van der Waals surface area contributed by atoms with Gasteiger partial charge in [0.15, 0.2) is 0 Å². The van der Waals surface area contributed by atoms with Crippen LogP contribution in [0.5, 0.6) is 0 Å². The van der Waals surface area contributed by atoms with Crippen molar-refractivity contribution in [2.75, 3.05) is 7.11 Å². The summed E-state index contributed by atoms with van der Waals surface area (Å²) >= 11 is 0. The average Bonchev–Trinajstić information content (AvgIpc) is 2.06. The predicted octanol–water partition coefficient (Wildman–Crippen LogP) is -3.97. The zero-order valence-corrected chi connectivity index (χ0v) is 10.2. The monoisotopic (exact) mass is 195 g/mol. The summed E-state index contributed by atoms with van der Waals surface area (Å²) in [6.07, 6.45) is 2.49. The van der Waals surface area contributed by atoms with Crippen molar-refractivity contribution in [3.05, 3.63) is 0 Å². The largest absolute Gasteiger partial charge is 1.00 e. The molecule has 0 aromatic heterocycles. The van der Waals surface area contributed by atoms with Gasteiger partial charge in [-0.25, -0.2) is 0 Å². The number of rotatable bonds is 2. The molecule has 4 nitrogen and oxygen atoms in total. The summed E-state index contributed by atoms with van der Waals surface area (Å²) in [5.74, 6) is -1.14. The molecule has 0 radical (unpaired) electrons. The van der Waals surface area contributed by atoms with E-state index in [0.717, 1.165) is 0 Å². The maximum atomic E-state index is 10.6. The molecule has 0 amide bonds. The number of carbonyl (C=O) groups excluding carboxylic acids is 1. The van der Waals surface area contributed by atoms with Crippen molar-refractivity contribution in [1.29, 1.82) is 0 Å². The van der Waals surface area contributed by atoms with E-state index >= 15 is 0 Å². The van der Waals surface area contributed by atoms with E-state index < -0.39 is 11.5 Å². The molecule has 5 heteroatoms. The molecule has 1 saturated carbocycles. The fourth-order valence-electron chi connectivity index (χ4n) is 1.55.